The molecule has 5 nitrogen and oxygen atoms in total. The number of carboxylic acid groups (broad SMARTS) is 1. The first-order valence-electron chi connectivity index (χ1n) is 3.68. The van der Waals surface area contributed by atoms with Gasteiger partial charge in [0.2, 0.25) is 0 Å². The smallest absolute Gasteiger partial charge is 0.481 e. The SMILES string of the molecule is CCOC(=O)OCCCC(=O)O. The van der Waals surface area contributed by atoms with Gasteiger partial charge in [0.25, 0.3) is 0 Å². The Morgan fingerprint density at radius 2 is 2.00 bits per heavy atom. The fraction of sp³-hybridized carbons (Fsp3) is 0.714. The van der Waals surface area contributed by atoms with Crippen molar-refractivity contribution in [3.63, 3.8) is 0 Å². The van der Waals surface area contributed by atoms with Crippen molar-refractivity contribution in [1.29, 1.82) is 0 Å². The third-order valence-corrected chi connectivity index (χ3v) is 1.02. The molecule has 0 fully saturated rings. The van der Waals surface area contributed by atoms with Crippen LogP contribution >= 0.6 is 0 Å². The maximum atomic E-state index is 10.5. The number of ether oxygens (including phenoxy) is 2. The molecule has 0 aromatic carbocycles. The Morgan fingerprint density at radius 3 is 2.50 bits per heavy atom. The maximum absolute atomic E-state index is 10.5. The highest BCUT2D eigenvalue weighted by Crippen LogP contribution is 1.92. The summed E-state index contributed by atoms with van der Waals surface area (Å²) < 4.78 is 8.95. The molecule has 0 saturated heterocycles. The lowest BCUT2D eigenvalue weighted by Crippen LogP contribution is -2.09. The van der Waals surface area contributed by atoms with Gasteiger partial charge in [0, 0.05) is 6.42 Å². The summed E-state index contributed by atoms with van der Waals surface area (Å²) in [6.07, 6.45) is -0.434. The van der Waals surface area contributed by atoms with Crippen LogP contribution in [0, 0.1) is 0 Å². The Labute approximate surface area is 70.3 Å². The van der Waals surface area contributed by atoms with Crippen LogP contribution in [0.4, 0.5) is 4.79 Å². The molecule has 0 rings (SSSR count). The number of carboxylic acids is 1. The lowest BCUT2D eigenvalue weighted by Gasteiger charge is -2.02. The minimum Gasteiger partial charge on any atom is -0.481 e. The zero-order chi connectivity index (χ0) is 9.40. The van der Waals surface area contributed by atoms with Crippen LogP contribution in [0.2, 0.25) is 0 Å². The molecule has 0 atom stereocenters. The van der Waals surface area contributed by atoms with E-state index in [1.165, 1.54) is 0 Å². The highest BCUT2D eigenvalue weighted by atomic mass is 16.7. The summed E-state index contributed by atoms with van der Waals surface area (Å²) in [4.78, 5) is 20.5. The monoisotopic (exact) mass is 176 g/mol. The zero-order valence-electron chi connectivity index (χ0n) is 6.91. The van der Waals surface area contributed by atoms with Gasteiger partial charge < -0.3 is 14.6 Å². The summed E-state index contributed by atoms with van der Waals surface area (Å²) in [6.45, 7) is 2.02. The molecular weight excluding hydrogens is 164 g/mol. The first-order valence-corrected chi connectivity index (χ1v) is 3.68. The molecule has 0 unspecified atom stereocenters. The topological polar surface area (TPSA) is 72.8 Å². The molecule has 12 heavy (non-hydrogen) atoms. The lowest BCUT2D eigenvalue weighted by atomic mass is 10.3. The number of aliphatic carboxylic acids is 1. The summed E-state index contributed by atoms with van der Waals surface area (Å²) in [5.74, 6) is -0.901. The minimum absolute atomic E-state index is 0.000590. The molecular formula is C7H12O5. The number of hydrogen-bond donors (Lipinski definition) is 1. The first kappa shape index (κ1) is 10.7. The normalized spacial score (nSPS) is 9.08. The number of carbonyl (C=O) groups is 2. The van der Waals surface area contributed by atoms with Gasteiger partial charge in [0.05, 0.1) is 13.2 Å². The molecule has 0 aromatic heterocycles. The van der Waals surface area contributed by atoms with Crippen LogP contribution in [0.5, 0.6) is 0 Å². The van der Waals surface area contributed by atoms with E-state index in [9.17, 15) is 9.59 Å². The van der Waals surface area contributed by atoms with E-state index < -0.39 is 12.1 Å². The molecule has 0 aliphatic heterocycles. The number of carbonyl (C=O) groups excluding carboxylic acids is 1. The van der Waals surface area contributed by atoms with Gasteiger partial charge in [-0.3, -0.25) is 4.79 Å². The van der Waals surface area contributed by atoms with Crippen LogP contribution in [0.15, 0.2) is 0 Å². The fourth-order valence-corrected chi connectivity index (χ4v) is 0.538. The van der Waals surface area contributed by atoms with Crippen molar-refractivity contribution in [3.8, 4) is 0 Å². The van der Waals surface area contributed by atoms with Crippen LogP contribution < -0.4 is 0 Å². The number of rotatable bonds is 5. The largest absolute Gasteiger partial charge is 0.508 e. The Kier molecular flexibility index (Phi) is 5.77. The van der Waals surface area contributed by atoms with E-state index in [4.69, 9.17) is 5.11 Å². The summed E-state index contributed by atoms with van der Waals surface area (Å²) >= 11 is 0. The third-order valence-electron chi connectivity index (χ3n) is 1.02. The van der Waals surface area contributed by atoms with E-state index >= 15 is 0 Å². The molecule has 0 spiro atoms. The second kappa shape index (κ2) is 6.45. The fourth-order valence-electron chi connectivity index (χ4n) is 0.538. The third kappa shape index (κ3) is 6.85. The Bertz CT molecular complexity index is 154. The Morgan fingerprint density at radius 1 is 1.33 bits per heavy atom. The van der Waals surface area contributed by atoms with Crippen LogP contribution in [0.3, 0.4) is 0 Å². The van der Waals surface area contributed by atoms with E-state index in [0.717, 1.165) is 0 Å². The molecule has 5 heteroatoms. The molecule has 0 aliphatic rings. The summed E-state index contributed by atoms with van der Waals surface area (Å²) in [7, 11) is 0. The maximum Gasteiger partial charge on any atom is 0.508 e. The summed E-state index contributed by atoms with van der Waals surface area (Å²) in [5, 5.41) is 8.21. The summed E-state index contributed by atoms with van der Waals surface area (Å²) in [5.41, 5.74) is 0. The second-order valence-electron chi connectivity index (χ2n) is 2.03. The highest BCUT2D eigenvalue weighted by Gasteiger charge is 2.02. The van der Waals surface area contributed by atoms with E-state index in [1.54, 1.807) is 6.92 Å². The van der Waals surface area contributed by atoms with Gasteiger partial charge in [-0.1, -0.05) is 0 Å². The van der Waals surface area contributed by atoms with Gasteiger partial charge in [-0.05, 0) is 13.3 Å². The van der Waals surface area contributed by atoms with Crippen LogP contribution in [-0.4, -0.2) is 30.4 Å². The first-order chi connectivity index (χ1) is 5.66. The van der Waals surface area contributed by atoms with Crippen molar-refractivity contribution in [3.05, 3.63) is 0 Å². The van der Waals surface area contributed by atoms with Crippen molar-refractivity contribution in [2.75, 3.05) is 13.2 Å². The van der Waals surface area contributed by atoms with Gasteiger partial charge in [0.1, 0.15) is 0 Å². The van der Waals surface area contributed by atoms with E-state index in [1.807, 2.05) is 0 Å². The average Bonchev–Trinajstić information content (AvgIpc) is 1.98. The lowest BCUT2D eigenvalue weighted by molar-refractivity contribution is -0.137. The van der Waals surface area contributed by atoms with Gasteiger partial charge in [-0.15, -0.1) is 0 Å². The molecule has 0 saturated carbocycles. The summed E-state index contributed by atoms with van der Waals surface area (Å²) in [6, 6.07) is 0. The average molecular weight is 176 g/mol. The molecule has 0 aliphatic carbocycles. The highest BCUT2D eigenvalue weighted by molar-refractivity contribution is 5.66. The van der Waals surface area contributed by atoms with Crippen molar-refractivity contribution >= 4 is 12.1 Å². The van der Waals surface area contributed by atoms with Crippen LogP contribution in [0.1, 0.15) is 19.8 Å². The van der Waals surface area contributed by atoms with Gasteiger partial charge in [0.15, 0.2) is 0 Å². The molecule has 70 valence electrons. The van der Waals surface area contributed by atoms with Crippen molar-refractivity contribution in [2.24, 2.45) is 0 Å². The minimum atomic E-state index is -0.901. The Balaban J connectivity index is 3.19. The molecule has 0 aromatic rings. The van der Waals surface area contributed by atoms with E-state index in [0.29, 0.717) is 6.42 Å². The van der Waals surface area contributed by atoms with Crippen LogP contribution in [0.25, 0.3) is 0 Å². The standard InChI is InChI=1S/C7H12O5/c1-2-11-7(10)12-5-3-4-6(8)9/h2-5H2,1H3,(H,8,9). The van der Waals surface area contributed by atoms with Gasteiger partial charge in [-0.25, -0.2) is 4.79 Å². The van der Waals surface area contributed by atoms with Crippen molar-refractivity contribution in [2.45, 2.75) is 19.8 Å². The second-order valence-corrected chi connectivity index (χ2v) is 2.03. The quantitative estimate of drug-likeness (QED) is 0.500. The molecule has 1 N–H and O–H groups in total. The predicted molar refractivity (Wildman–Crippen MR) is 39.8 cm³/mol. The van der Waals surface area contributed by atoms with Crippen LogP contribution in [-0.2, 0) is 14.3 Å². The Hall–Kier alpha value is -1.26. The molecule has 0 bridgehead atoms. The molecule has 0 amide bonds. The van der Waals surface area contributed by atoms with E-state index in [2.05, 4.69) is 9.47 Å². The van der Waals surface area contributed by atoms with Gasteiger partial charge >= 0.3 is 12.1 Å². The predicted octanol–water partition coefficient (Wildman–Crippen LogP) is 1.02. The van der Waals surface area contributed by atoms with Gasteiger partial charge in [-0.2, -0.15) is 0 Å². The van der Waals surface area contributed by atoms with E-state index in [-0.39, 0.29) is 19.6 Å². The molecule has 0 radical (unpaired) electrons. The molecule has 0 heterocycles. The number of hydrogen-bond acceptors (Lipinski definition) is 4. The van der Waals surface area contributed by atoms with Crippen molar-refractivity contribution in [1.82, 2.24) is 0 Å². The van der Waals surface area contributed by atoms with Crippen molar-refractivity contribution < 1.29 is 24.2 Å². The zero-order valence-corrected chi connectivity index (χ0v) is 6.91.